The second kappa shape index (κ2) is 5.08. The van der Waals surface area contributed by atoms with Gasteiger partial charge in [-0.05, 0) is 42.5 Å². The first kappa shape index (κ1) is 14.3. The largest absolute Gasteiger partial charge is 0.454 e. The van der Waals surface area contributed by atoms with E-state index in [4.69, 9.17) is 14.6 Å². The number of nitrogens with two attached hydrogens (primary N) is 1. The highest BCUT2D eigenvalue weighted by Crippen LogP contribution is 2.39. The normalized spacial score (nSPS) is 11.9. The third kappa shape index (κ3) is 1.93. The van der Waals surface area contributed by atoms with E-state index in [0.29, 0.717) is 11.3 Å². The summed E-state index contributed by atoms with van der Waals surface area (Å²) in [6.07, 6.45) is 3.58. The van der Waals surface area contributed by atoms with Crippen LogP contribution in [0.4, 0.5) is 5.69 Å². The summed E-state index contributed by atoms with van der Waals surface area (Å²) in [6.45, 7) is 0. The Hall–Kier alpha value is -3.86. The van der Waals surface area contributed by atoms with Gasteiger partial charge >= 0.3 is 0 Å². The number of hydrogen-bond acceptors (Lipinski definition) is 5. The molecule has 2 aromatic carbocycles. The maximum atomic E-state index is 6.14. The zero-order valence-electron chi connectivity index (χ0n) is 14.1. The van der Waals surface area contributed by atoms with Gasteiger partial charge in [-0.2, -0.15) is 0 Å². The maximum Gasteiger partial charge on any atom is 0.161 e. The highest BCUT2D eigenvalue weighted by molar-refractivity contribution is 6.12. The lowest BCUT2D eigenvalue weighted by molar-refractivity contribution is 0.664. The Kier molecular flexibility index (Phi) is 2.69. The van der Waals surface area contributed by atoms with Crippen LogP contribution in [0.3, 0.4) is 0 Å². The molecule has 0 amide bonds. The highest BCUT2D eigenvalue weighted by Gasteiger charge is 2.18. The fourth-order valence-electron chi connectivity index (χ4n) is 3.70. The Morgan fingerprint density at radius 2 is 1.30 bits per heavy atom. The van der Waals surface area contributed by atoms with Crippen LogP contribution >= 0.6 is 0 Å². The zero-order chi connectivity index (χ0) is 18.0. The van der Waals surface area contributed by atoms with Gasteiger partial charge in [-0.15, -0.1) is 0 Å². The summed E-state index contributed by atoms with van der Waals surface area (Å²) in [5, 5.41) is 1.90. The van der Waals surface area contributed by atoms with E-state index in [1.807, 2.05) is 54.6 Å². The summed E-state index contributed by atoms with van der Waals surface area (Å²) in [7, 11) is 0. The maximum absolute atomic E-state index is 6.14. The molecule has 0 saturated carbocycles. The number of aromatic nitrogens is 2. The van der Waals surface area contributed by atoms with Crippen molar-refractivity contribution in [1.29, 1.82) is 0 Å². The van der Waals surface area contributed by atoms with Gasteiger partial charge in [-0.25, -0.2) is 0 Å². The topological polar surface area (TPSA) is 78.1 Å². The molecule has 0 unspecified atom stereocenters. The van der Waals surface area contributed by atoms with E-state index in [-0.39, 0.29) is 0 Å². The van der Waals surface area contributed by atoms with Gasteiger partial charge in [-0.3, -0.25) is 9.97 Å². The molecule has 2 N–H and O–H groups in total. The number of nitrogens with zero attached hydrogens (tertiary/aromatic N) is 2. The lowest BCUT2D eigenvalue weighted by Crippen LogP contribution is -1.84. The van der Waals surface area contributed by atoms with E-state index in [2.05, 4.69) is 9.97 Å². The van der Waals surface area contributed by atoms with Crippen molar-refractivity contribution in [2.75, 3.05) is 5.73 Å². The minimum Gasteiger partial charge on any atom is -0.454 e. The van der Waals surface area contributed by atoms with Crippen molar-refractivity contribution in [2.24, 2.45) is 0 Å². The second-order valence-corrected chi connectivity index (χ2v) is 6.53. The van der Waals surface area contributed by atoms with E-state index in [1.165, 1.54) is 0 Å². The number of fused-ring (bicyclic) bond motifs is 6. The van der Waals surface area contributed by atoms with Gasteiger partial charge in [0.05, 0.1) is 0 Å². The molecule has 0 saturated heterocycles. The molecule has 6 aromatic rings. The molecule has 4 aromatic heterocycles. The Morgan fingerprint density at radius 3 is 2.04 bits per heavy atom. The zero-order valence-corrected chi connectivity index (χ0v) is 14.1. The van der Waals surface area contributed by atoms with E-state index in [1.54, 1.807) is 12.4 Å². The number of benzene rings is 2. The van der Waals surface area contributed by atoms with Crippen molar-refractivity contribution in [3.05, 3.63) is 67.0 Å². The smallest absolute Gasteiger partial charge is 0.161 e. The molecule has 0 fully saturated rings. The van der Waals surface area contributed by atoms with Crippen LogP contribution in [0, 0.1) is 0 Å². The molecular weight excluding hydrogens is 338 g/mol. The SMILES string of the molecule is Nc1ccc2oc3c(-c4ccnc5c4oc4ccccc45)ccnc3c2c1. The number of rotatable bonds is 1. The van der Waals surface area contributed by atoms with E-state index in [0.717, 1.165) is 49.7 Å². The Bertz CT molecular complexity index is 1490. The molecule has 4 heterocycles. The number of para-hydroxylation sites is 1. The first-order chi connectivity index (χ1) is 13.3. The van der Waals surface area contributed by atoms with E-state index in [9.17, 15) is 0 Å². The molecule has 5 nitrogen and oxygen atoms in total. The van der Waals surface area contributed by atoms with Crippen LogP contribution in [-0.4, -0.2) is 9.97 Å². The second-order valence-electron chi connectivity index (χ2n) is 6.53. The van der Waals surface area contributed by atoms with Gasteiger partial charge in [-0.1, -0.05) is 12.1 Å². The van der Waals surface area contributed by atoms with Crippen LogP contribution in [0.1, 0.15) is 0 Å². The van der Waals surface area contributed by atoms with Crippen LogP contribution in [0.5, 0.6) is 0 Å². The molecule has 0 aliphatic rings. The molecule has 0 atom stereocenters. The fourth-order valence-corrected chi connectivity index (χ4v) is 3.70. The van der Waals surface area contributed by atoms with Gasteiger partial charge in [0.1, 0.15) is 22.2 Å². The third-order valence-electron chi connectivity index (χ3n) is 4.92. The molecule has 27 heavy (non-hydrogen) atoms. The van der Waals surface area contributed by atoms with Crippen LogP contribution in [0.2, 0.25) is 0 Å². The number of hydrogen-bond donors (Lipinski definition) is 1. The molecule has 128 valence electrons. The Morgan fingerprint density at radius 1 is 0.667 bits per heavy atom. The number of pyridine rings is 2. The van der Waals surface area contributed by atoms with E-state index < -0.39 is 0 Å². The minimum absolute atomic E-state index is 0.681. The van der Waals surface area contributed by atoms with Gasteiger partial charge in [0.2, 0.25) is 0 Å². The van der Waals surface area contributed by atoms with Crippen molar-refractivity contribution in [3.8, 4) is 11.1 Å². The average molecular weight is 351 g/mol. The monoisotopic (exact) mass is 351 g/mol. The molecule has 6 rings (SSSR count). The number of anilines is 1. The molecular formula is C22H13N3O2. The van der Waals surface area contributed by atoms with Crippen molar-refractivity contribution >= 4 is 49.8 Å². The van der Waals surface area contributed by atoms with E-state index >= 15 is 0 Å². The van der Waals surface area contributed by atoms with Gasteiger partial charge in [0.25, 0.3) is 0 Å². The molecule has 0 spiro atoms. The fraction of sp³-hybridized carbons (Fsp3) is 0. The summed E-state index contributed by atoms with van der Waals surface area (Å²) < 4.78 is 12.3. The summed E-state index contributed by atoms with van der Waals surface area (Å²) in [4.78, 5) is 9.06. The Labute approximate surface area is 153 Å². The lowest BCUT2D eigenvalue weighted by Gasteiger charge is -2.02. The molecule has 0 aliphatic carbocycles. The third-order valence-corrected chi connectivity index (χ3v) is 4.92. The van der Waals surface area contributed by atoms with Crippen LogP contribution in [-0.2, 0) is 0 Å². The van der Waals surface area contributed by atoms with Crippen LogP contribution in [0.25, 0.3) is 55.3 Å². The Balaban J connectivity index is 1.74. The number of furan rings is 2. The molecule has 0 aliphatic heterocycles. The van der Waals surface area contributed by atoms with Crippen LogP contribution < -0.4 is 5.73 Å². The van der Waals surface area contributed by atoms with Crippen molar-refractivity contribution in [2.45, 2.75) is 0 Å². The minimum atomic E-state index is 0.681. The van der Waals surface area contributed by atoms with Crippen molar-refractivity contribution < 1.29 is 8.83 Å². The quantitative estimate of drug-likeness (QED) is 0.394. The summed E-state index contributed by atoms with van der Waals surface area (Å²) in [5.41, 5.74) is 13.1. The van der Waals surface area contributed by atoms with Gasteiger partial charge < -0.3 is 14.6 Å². The first-order valence-corrected chi connectivity index (χ1v) is 8.63. The molecule has 5 heteroatoms. The standard InChI is InChI=1S/C22H13N3O2/c23-12-5-6-18-16(11-12)20-22(27-18)14(8-10-25-20)13-7-9-24-19-15-3-1-2-4-17(15)26-21(13)19/h1-11H,23H2. The van der Waals surface area contributed by atoms with Crippen molar-refractivity contribution in [1.82, 2.24) is 9.97 Å². The summed E-state index contributed by atoms with van der Waals surface area (Å²) in [6, 6.07) is 17.4. The first-order valence-electron chi connectivity index (χ1n) is 8.63. The predicted octanol–water partition coefficient (Wildman–Crippen LogP) is 5.52. The van der Waals surface area contributed by atoms with Gasteiger partial charge in [0, 0.05) is 40.0 Å². The average Bonchev–Trinajstić information content (AvgIpc) is 3.26. The highest BCUT2D eigenvalue weighted by atomic mass is 16.3. The van der Waals surface area contributed by atoms with Gasteiger partial charge in [0.15, 0.2) is 11.2 Å². The summed E-state index contributed by atoms with van der Waals surface area (Å²) in [5.74, 6) is 0. The van der Waals surface area contributed by atoms with Crippen molar-refractivity contribution in [3.63, 3.8) is 0 Å². The van der Waals surface area contributed by atoms with Crippen LogP contribution in [0.15, 0.2) is 75.8 Å². The molecule has 0 radical (unpaired) electrons. The molecule has 0 bridgehead atoms. The summed E-state index contributed by atoms with van der Waals surface area (Å²) >= 11 is 0. The predicted molar refractivity (Wildman–Crippen MR) is 106 cm³/mol. The number of nitrogen functional groups attached to an aromatic ring is 1. The lowest BCUT2D eigenvalue weighted by atomic mass is 10.0.